The van der Waals surface area contributed by atoms with Crippen molar-refractivity contribution in [3.63, 3.8) is 0 Å². The van der Waals surface area contributed by atoms with Crippen molar-refractivity contribution in [1.29, 1.82) is 0 Å². The lowest BCUT2D eigenvalue weighted by molar-refractivity contribution is -0.145. The number of aromatic nitrogens is 3. The van der Waals surface area contributed by atoms with Crippen LogP contribution in [0.1, 0.15) is 13.8 Å². The van der Waals surface area contributed by atoms with E-state index in [2.05, 4.69) is 14.9 Å². The Morgan fingerprint density at radius 2 is 1.63 bits per heavy atom. The van der Waals surface area contributed by atoms with Crippen molar-refractivity contribution in [3.05, 3.63) is 66.2 Å². The molecule has 2 aromatic heterocycles. The Labute approximate surface area is 180 Å². The van der Waals surface area contributed by atoms with E-state index in [0.29, 0.717) is 37.0 Å². The van der Waals surface area contributed by atoms with Gasteiger partial charge in [-0.3, -0.25) is 4.79 Å². The van der Waals surface area contributed by atoms with Crippen molar-refractivity contribution < 1.29 is 9.53 Å². The molecule has 0 aliphatic carbocycles. The van der Waals surface area contributed by atoms with Crippen LogP contribution in [0.5, 0.6) is 5.75 Å². The second kappa shape index (κ2) is 8.36. The van der Waals surface area contributed by atoms with Crippen LogP contribution in [-0.2, 0) is 4.79 Å². The quantitative estimate of drug-likeness (QED) is 0.626. The second-order valence-corrected chi connectivity index (χ2v) is 8.11. The van der Waals surface area contributed by atoms with Gasteiger partial charge >= 0.3 is 0 Å². The topological polar surface area (TPSA) is 63.5 Å². The lowest BCUT2D eigenvalue weighted by Crippen LogP contribution is -2.56. The van der Waals surface area contributed by atoms with Gasteiger partial charge in [0.05, 0.1) is 0 Å². The molecule has 1 amide bonds. The molecule has 1 aromatic carbocycles. The Kier molecular flexibility index (Phi) is 5.63. The molecule has 3 aromatic rings. The Bertz CT molecular complexity index is 997. The zero-order valence-electron chi connectivity index (χ0n) is 17.0. The third-order valence-corrected chi connectivity index (χ3v) is 5.35. The minimum atomic E-state index is -0.966. The minimum absolute atomic E-state index is 0.0344. The van der Waals surface area contributed by atoms with Gasteiger partial charge in [-0.05, 0) is 50.2 Å². The number of benzene rings is 1. The molecule has 8 heteroatoms. The maximum atomic E-state index is 13.1. The number of hydrogen-bond donors (Lipinski definition) is 0. The number of piperazine rings is 1. The van der Waals surface area contributed by atoms with E-state index in [1.165, 1.54) is 0 Å². The zero-order chi connectivity index (χ0) is 21.1. The number of ether oxygens (including phenoxy) is 1. The molecule has 1 fully saturated rings. The van der Waals surface area contributed by atoms with Gasteiger partial charge in [0.25, 0.3) is 5.91 Å². The molecular weight excluding hydrogens is 402 g/mol. The SMILES string of the molecule is CC(C)(Oc1ccc(Cl)cc1)C(=O)N1CCN(c2cc(-n3cccc3)ncn2)CC1. The standard InChI is InChI=1S/C22H24ClN5O2/c1-22(2,30-18-7-5-17(23)6-8-18)21(29)28-13-11-27(12-14-28)20-15-19(24-16-25-20)26-9-3-4-10-26/h3-10,15-16H,11-14H2,1-2H3. The average Bonchev–Trinajstić information content (AvgIpc) is 3.30. The summed E-state index contributed by atoms with van der Waals surface area (Å²) in [7, 11) is 0. The molecule has 0 spiro atoms. The Morgan fingerprint density at radius 1 is 1.00 bits per heavy atom. The van der Waals surface area contributed by atoms with Crippen LogP contribution in [0.25, 0.3) is 5.82 Å². The molecule has 0 N–H and O–H groups in total. The maximum Gasteiger partial charge on any atom is 0.266 e. The van der Waals surface area contributed by atoms with Crippen LogP contribution >= 0.6 is 11.6 Å². The van der Waals surface area contributed by atoms with E-state index in [9.17, 15) is 4.79 Å². The van der Waals surface area contributed by atoms with Gasteiger partial charge in [-0.2, -0.15) is 0 Å². The Balaban J connectivity index is 1.38. The lowest BCUT2D eigenvalue weighted by Gasteiger charge is -2.39. The zero-order valence-corrected chi connectivity index (χ0v) is 17.8. The highest BCUT2D eigenvalue weighted by Gasteiger charge is 2.36. The molecule has 156 valence electrons. The highest BCUT2D eigenvalue weighted by molar-refractivity contribution is 6.30. The van der Waals surface area contributed by atoms with Gasteiger partial charge in [0.1, 0.15) is 23.7 Å². The molecule has 4 rings (SSSR count). The maximum absolute atomic E-state index is 13.1. The van der Waals surface area contributed by atoms with Crippen LogP contribution in [0.15, 0.2) is 61.2 Å². The van der Waals surface area contributed by atoms with Gasteiger partial charge in [0.2, 0.25) is 0 Å². The fourth-order valence-electron chi connectivity index (χ4n) is 3.50. The van der Waals surface area contributed by atoms with Crippen molar-refractivity contribution in [2.75, 3.05) is 31.1 Å². The smallest absolute Gasteiger partial charge is 0.266 e. The average molecular weight is 426 g/mol. The summed E-state index contributed by atoms with van der Waals surface area (Å²) in [6.07, 6.45) is 5.47. The highest BCUT2D eigenvalue weighted by atomic mass is 35.5. The van der Waals surface area contributed by atoms with Crippen LogP contribution in [-0.4, -0.2) is 57.1 Å². The number of hydrogen-bond acceptors (Lipinski definition) is 5. The van der Waals surface area contributed by atoms with Crippen molar-refractivity contribution in [2.24, 2.45) is 0 Å². The summed E-state index contributed by atoms with van der Waals surface area (Å²) < 4.78 is 7.90. The minimum Gasteiger partial charge on any atom is -0.478 e. The number of nitrogens with zero attached hydrogens (tertiary/aromatic N) is 5. The molecule has 0 saturated carbocycles. The van der Waals surface area contributed by atoms with Crippen LogP contribution in [0.2, 0.25) is 5.02 Å². The number of anilines is 1. The van der Waals surface area contributed by atoms with E-state index in [1.54, 1.807) is 44.4 Å². The van der Waals surface area contributed by atoms with E-state index in [1.807, 2.05) is 40.1 Å². The van der Waals surface area contributed by atoms with Gasteiger partial charge in [-0.25, -0.2) is 9.97 Å². The van der Waals surface area contributed by atoms with E-state index >= 15 is 0 Å². The molecule has 1 aliphatic heterocycles. The van der Waals surface area contributed by atoms with E-state index in [4.69, 9.17) is 16.3 Å². The van der Waals surface area contributed by atoms with Gasteiger partial charge in [-0.15, -0.1) is 0 Å². The fraction of sp³-hybridized carbons (Fsp3) is 0.318. The first kappa shape index (κ1) is 20.2. The summed E-state index contributed by atoms with van der Waals surface area (Å²) in [5.41, 5.74) is -0.966. The predicted molar refractivity (Wildman–Crippen MR) is 116 cm³/mol. The molecule has 0 atom stereocenters. The number of carbonyl (C=O) groups excluding carboxylic acids is 1. The van der Waals surface area contributed by atoms with E-state index in [-0.39, 0.29) is 5.91 Å². The van der Waals surface area contributed by atoms with E-state index in [0.717, 1.165) is 11.6 Å². The molecule has 1 aliphatic rings. The van der Waals surface area contributed by atoms with Crippen molar-refractivity contribution in [2.45, 2.75) is 19.4 Å². The molecular formula is C22H24ClN5O2. The molecule has 0 unspecified atom stereocenters. The Morgan fingerprint density at radius 3 is 2.30 bits per heavy atom. The first-order valence-corrected chi connectivity index (χ1v) is 10.2. The second-order valence-electron chi connectivity index (χ2n) is 7.67. The molecule has 30 heavy (non-hydrogen) atoms. The van der Waals surface area contributed by atoms with Crippen molar-refractivity contribution in [1.82, 2.24) is 19.4 Å². The van der Waals surface area contributed by atoms with Crippen LogP contribution in [0, 0.1) is 0 Å². The fourth-order valence-corrected chi connectivity index (χ4v) is 3.62. The first-order chi connectivity index (χ1) is 14.4. The highest BCUT2D eigenvalue weighted by Crippen LogP contribution is 2.23. The summed E-state index contributed by atoms with van der Waals surface area (Å²) in [5.74, 6) is 2.27. The van der Waals surface area contributed by atoms with Crippen molar-refractivity contribution in [3.8, 4) is 11.6 Å². The normalized spacial score (nSPS) is 14.6. The molecule has 0 radical (unpaired) electrons. The summed E-state index contributed by atoms with van der Waals surface area (Å²) in [6, 6.07) is 12.9. The van der Waals surface area contributed by atoms with Gasteiger partial charge in [-0.1, -0.05) is 11.6 Å². The monoisotopic (exact) mass is 425 g/mol. The lowest BCUT2D eigenvalue weighted by atomic mass is 10.1. The van der Waals surface area contributed by atoms with Gasteiger partial charge in [0.15, 0.2) is 5.60 Å². The number of rotatable bonds is 5. The molecule has 3 heterocycles. The van der Waals surface area contributed by atoms with E-state index < -0.39 is 5.60 Å². The van der Waals surface area contributed by atoms with Gasteiger partial charge in [0, 0.05) is 49.7 Å². The van der Waals surface area contributed by atoms with Crippen LogP contribution in [0.3, 0.4) is 0 Å². The largest absolute Gasteiger partial charge is 0.478 e. The summed E-state index contributed by atoms with van der Waals surface area (Å²) >= 11 is 5.92. The summed E-state index contributed by atoms with van der Waals surface area (Å²) in [5, 5.41) is 0.632. The predicted octanol–water partition coefficient (Wildman–Crippen LogP) is 3.43. The number of amides is 1. The summed E-state index contributed by atoms with van der Waals surface area (Å²) in [4.78, 5) is 25.8. The molecule has 1 saturated heterocycles. The third kappa shape index (κ3) is 4.41. The third-order valence-electron chi connectivity index (χ3n) is 5.10. The van der Waals surface area contributed by atoms with Gasteiger partial charge < -0.3 is 19.1 Å². The number of carbonyl (C=O) groups is 1. The molecule has 7 nitrogen and oxygen atoms in total. The number of halogens is 1. The van der Waals surface area contributed by atoms with Crippen LogP contribution in [0.4, 0.5) is 5.82 Å². The first-order valence-electron chi connectivity index (χ1n) is 9.87. The molecule has 0 bridgehead atoms. The van der Waals surface area contributed by atoms with Crippen molar-refractivity contribution >= 4 is 23.3 Å². The Hall–Kier alpha value is -3.06. The van der Waals surface area contributed by atoms with Crippen LogP contribution < -0.4 is 9.64 Å². The summed E-state index contributed by atoms with van der Waals surface area (Å²) in [6.45, 7) is 6.20.